The summed E-state index contributed by atoms with van der Waals surface area (Å²) in [6.07, 6.45) is 4.95. The topological polar surface area (TPSA) is 49.6 Å². The molecule has 3 nitrogen and oxygen atoms in total. The van der Waals surface area contributed by atoms with Crippen molar-refractivity contribution in [3.05, 3.63) is 35.6 Å². The van der Waals surface area contributed by atoms with Crippen LogP contribution in [-0.2, 0) is 0 Å². The van der Waals surface area contributed by atoms with Crippen LogP contribution in [0.5, 0.6) is 0 Å². The van der Waals surface area contributed by atoms with Crippen LogP contribution in [0.1, 0.15) is 4.88 Å². The van der Waals surface area contributed by atoms with Crippen molar-refractivity contribution >= 4 is 11.3 Å². The second-order valence-corrected chi connectivity index (χ2v) is 3.45. The highest BCUT2D eigenvalue weighted by atomic mass is 32.1. The van der Waals surface area contributed by atoms with E-state index in [2.05, 4.69) is 16.0 Å². The second-order valence-electron chi connectivity index (χ2n) is 2.37. The van der Waals surface area contributed by atoms with E-state index in [1.165, 1.54) is 11.3 Å². The Morgan fingerprint density at radius 2 is 2.23 bits per heavy atom. The number of hydrogen-bond donors (Lipinski definition) is 0. The minimum atomic E-state index is 0.695. The van der Waals surface area contributed by atoms with E-state index in [-0.39, 0.29) is 0 Å². The first-order valence-corrected chi connectivity index (χ1v) is 4.48. The van der Waals surface area contributed by atoms with Crippen LogP contribution in [0.15, 0.2) is 30.7 Å². The summed E-state index contributed by atoms with van der Waals surface area (Å²) in [4.78, 5) is 9.76. The molecule has 4 heteroatoms. The van der Waals surface area contributed by atoms with Gasteiger partial charge in [0.25, 0.3) is 0 Å². The molecule has 0 bridgehead atoms. The molecule has 0 aliphatic heterocycles. The van der Waals surface area contributed by atoms with E-state index in [9.17, 15) is 0 Å². The lowest BCUT2D eigenvalue weighted by atomic mass is 10.3. The highest BCUT2D eigenvalue weighted by molar-refractivity contribution is 7.15. The summed E-state index contributed by atoms with van der Waals surface area (Å²) >= 11 is 1.42. The Bertz CT molecular complexity index is 441. The number of aromatic nitrogens is 2. The monoisotopic (exact) mass is 187 g/mol. The van der Waals surface area contributed by atoms with Gasteiger partial charge < -0.3 is 0 Å². The molecule has 2 aromatic heterocycles. The maximum atomic E-state index is 8.62. The lowest BCUT2D eigenvalue weighted by molar-refractivity contribution is 1.21. The van der Waals surface area contributed by atoms with Crippen LogP contribution >= 0.6 is 11.3 Å². The molecular weight excluding hydrogens is 182 g/mol. The maximum absolute atomic E-state index is 8.62. The number of hydrogen-bond acceptors (Lipinski definition) is 4. The maximum Gasteiger partial charge on any atom is 0.110 e. The van der Waals surface area contributed by atoms with E-state index in [1.54, 1.807) is 24.7 Å². The van der Waals surface area contributed by atoms with Crippen molar-refractivity contribution in [3.8, 4) is 16.6 Å². The van der Waals surface area contributed by atoms with Crippen molar-refractivity contribution in [1.82, 2.24) is 9.97 Å². The number of nitriles is 1. The van der Waals surface area contributed by atoms with Crippen molar-refractivity contribution in [3.63, 3.8) is 0 Å². The molecule has 0 N–H and O–H groups in total. The van der Waals surface area contributed by atoms with Crippen molar-refractivity contribution in [1.29, 1.82) is 5.26 Å². The Hall–Kier alpha value is -1.73. The normalized spacial score (nSPS) is 9.46. The quantitative estimate of drug-likeness (QED) is 0.686. The van der Waals surface area contributed by atoms with Gasteiger partial charge in [-0.15, -0.1) is 11.3 Å². The predicted molar refractivity (Wildman–Crippen MR) is 50.1 cm³/mol. The minimum absolute atomic E-state index is 0.695. The fourth-order valence-corrected chi connectivity index (χ4v) is 1.73. The van der Waals surface area contributed by atoms with Gasteiger partial charge in [0.15, 0.2) is 0 Å². The average molecular weight is 187 g/mol. The zero-order valence-corrected chi connectivity index (χ0v) is 7.45. The van der Waals surface area contributed by atoms with Crippen LogP contribution in [0.3, 0.4) is 0 Å². The summed E-state index contributed by atoms with van der Waals surface area (Å²) < 4.78 is 0. The number of nitrogens with zero attached hydrogens (tertiary/aromatic N) is 3. The summed E-state index contributed by atoms with van der Waals surface area (Å²) in [6.45, 7) is 0. The van der Waals surface area contributed by atoms with Crippen molar-refractivity contribution in [2.45, 2.75) is 0 Å². The lowest BCUT2D eigenvalue weighted by Gasteiger charge is -1.91. The van der Waals surface area contributed by atoms with Crippen LogP contribution in [-0.4, -0.2) is 9.97 Å². The first-order chi connectivity index (χ1) is 6.40. The molecule has 2 rings (SSSR count). The van der Waals surface area contributed by atoms with E-state index in [1.807, 2.05) is 6.07 Å². The first-order valence-electron chi connectivity index (χ1n) is 3.66. The van der Waals surface area contributed by atoms with Crippen molar-refractivity contribution in [2.24, 2.45) is 0 Å². The first kappa shape index (κ1) is 7.90. The van der Waals surface area contributed by atoms with Gasteiger partial charge in [0.05, 0.1) is 16.8 Å². The summed E-state index contributed by atoms with van der Waals surface area (Å²) in [6, 6.07) is 5.76. The van der Waals surface area contributed by atoms with E-state index < -0.39 is 0 Å². The van der Waals surface area contributed by atoms with Crippen molar-refractivity contribution in [2.75, 3.05) is 0 Å². The molecule has 2 aromatic rings. The third kappa shape index (κ3) is 1.55. The van der Waals surface area contributed by atoms with Gasteiger partial charge in [-0.1, -0.05) is 0 Å². The standard InChI is InChI=1S/C9H5N3S/c10-5-7-1-2-9(13-7)8-6-11-3-4-12-8/h1-4,6H. The molecule has 0 aromatic carbocycles. The molecule has 0 aliphatic rings. The summed E-state index contributed by atoms with van der Waals surface area (Å²) in [5.74, 6) is 0. The Kier molecular flexibility index (Phi) is 2.02. The van der Waals surface area contributed by atoms with Gasteiger partial charge in [-0.3, -0.25) is 9.97 Å². The van der Waals surface area contributed by atoms with Gasteiger partial charge in [0, 0.05) is 12.4 Å². The van der Waals surface area contributed by atoms with Crippen LogP contribution in [0.2, 0.25) is 0 Å². The van der Waals surface area contributed by atoms with Crippen LogP contribution in [0, 0.1) is 11.3 Å². The van der Waals surface area contributed by atoms with E-state index in [4.69, 9.17) is 5.26 Å². The third-order valence-corrected chi connectivity index (χ3v) is 2.54. The highest BCUT2D eigenvalue weighted by Crippen LogP contribution is 2.24. The molecule has 0 unspecified atom stereocenters. The molecule has 0 saturated heterocycles. The van der Waals surface area contributed by atoms with Gasteiger partial charge in [0.2, 0.25) is 0 Å². The molecule has 0 atom stereocenters. The summed E-state index contributed by atoms with van der Waals surface area (Å²) in [7, 11) is 0. The average Bonchev–Trinajstić information content (AvgIpc) is 2.67. The highest BCUT2D eigenvalue weighted by Gasteiger charge is 2.02. The van der Waals surface area contributed by atoms with Gasteiger partial charge in [0.1, 0.15) is 10.9 Å². The van der Waals surface area contributed by atoms with Gasteiger partial charge in [-0.2, -0.15) is 5.26 Å². The molecular formula is C9H5N3S. The van der Waals surface area contributed by atoms with E-state index in [0.29, 0.717) is 4.88 Å². The zero-order chi connectivity index (χ0) is 9.10. The van der Waals surface area contributed by atoms with Crippen LogP contribution < -0.4 is 0 Å². The number of rotatable bonds is 1. The molecule has 0 fully saturated rings. The molecule has 2 heterocycles. The smallest absolute Gasteiger partial charge is 0.110 e. The van der Waals surface area contributed by atoms with E-state index in [0.717, 1.165) is 10.6 Å². The van der Waals surface area contributed by atoms with Gasteiger partial charge in [-0.05, 0) is 12.1 Å². The summed E-state index contributed by atoms with van der Waals surface area (Å²) in [5.41, 5.74) is 0.814. The largest absolute Gasteiger partial charge is 0.261 e. The third-order valence-electron chi connectivity index (χ3n) is 1.53. The second kappa shape index (κ2) is 3.33. The van der Waals surface area contributed by atoms with Crippen molar-refractivity contribution < 1.29 is 0 Å². The summed E-state index contributed by atoms with van der Waals surface area (Å²) in [5, 5.41) is 8.62. The Labute approximate surface area is 79.3 Å². The Morgan fingerprint density at radius 1 is 1.31 bits per heavy atom. The predicted octanol–water partition coefficient (Wildman–Crippen LogP) is 2.08. The molecule has 62 valence electrons. The molecule has 13 heavy (non-hydrogen) atoms. The lowest BCUT2D eigenvalue weighted by Crippen LogP contribution is -1.79. The Morgan fingerprint density at radius 3 is 2.85 bits per heavy atom. The fourth-order valence-electron chi connectivity index (χ4n) is 0.962. The molecule has 0 spiro atoms. The SMILES string of the molecule is N#Cc1ccc(-c2cnccn2)s1. The fraction of sp³-hybridized carbons (Fsp3) is 0. The molecule has 0 aliphatic carbocycles. The Balaban J connectivity index is 2.43. The molecule has 0 saturated carbocycles. The van der Waals surface area contributed by atoms with Crippen LogP contribution in [0.4, 0.5) is 0 Å². The minimum Gasteiger partial charge on any atom is -0.261 e. The van der Waals surface area contributed by atoms with E-state index >= 15 is 0 Å². The zero-order valence-electron chi connectivity index (χ0n) is 6.64. The molecule has 0 amide bonds. The van der Waals surface area contributed by atoms with Gasteiger partial charge >= 0.3 is 0 Å². The molecule has 0 radical (unpaired) electrons. The van der Waals surface area contributed by atoms with Gasteiger partial charge in [-0.25, -0.2) is 0 Å². The van der Waals surface area contributed by atoms with Crippen LogP contribution in [0.25, 0.3) is 10.6 Å². The number of thiophene rings is 1.